The van der Waals surface area contributed by atoms with Gasteiger partial charge in [0, 0.05) is 18.8 Å². The Morgan fingerprint density at radius 1 is 1.08 bits per heavy atom. The minimum Gasteiger partial charge on any atom is -0.323 e. The molecule has 24 heavy (non-hydrogen) atoms. The Morgan fingerprint density at radius 2 is 1.79 bits per heavy atom. The summed E-state index contributed by atoms with van der Waals surface area (Å²) in [6.45, 7) is 0.994. The molecule has 0 unspecified atom stereocenters. The van der Waals surface area contributed by atoms with Crippen LogP contribution < -0.4 is 10.2 Å². The maximum absolute atomic E-state index is 12.4. The molecule has 3 rings (SSSR count). The maximum atomic E-state index is 12.4. The lowest BCUT2D eigenvalue weighted by Gasteiger charge is -2.18. The Balaban J connectivity index is 1.64. The summed E-state index contributed by atoms with van der Waals surface area (Å²) in [6.07, 6.45) is 0. The average Bonchev–Trinajstić information content (AvgIpc) is 2.97. The number of urea groups is 1. The Bertz CT molecular complexity index is 798. The zero-order chi connectivity index (χ0) is 16.9. The number of carbonyl (C=O) groups excluding carboxylic acids is 2. The highest BCUT2D eigenvalue weighted by Gasteiger charge is 2.30. The molecule has 1 aliphatic heterocycles. The van der Waals surface area contributed by atoms with Crippen molar-refractivity contribution in [3.05, 3.63) is 60.2 Å². The van der Waals surface area contributed by atoms with Crippen LogP contribution in [0.2, 0.25) is 0 Å². The number of anilines is 2. The molecule has 1 N–H and O–H groups in total. The summed E-state index contributed by atoms with van der Waals surface area (Å²) in [5.41, 5.74) is 1.67. The van der Waals surface area contributed by atoms with E-state index in [0.29, 0.717) is 24.3 Å². The molecule has 1 aliphatic rings. The van der Waals surface area contributed by atoms with E-state index in [0.717, 1.165) is 5.69 Å². The van der Waals surface area contributed by atoms with Gasteiger partial charge in [0.1, 0.15) is 12.6 Å². The van der Waals surface area contributed by atoms with Gasteiger partial charge in [-0.2, -0.15) is 5.26 Å². The van der Waals surface area contributed by atoms with Gasteiger partial charge in [-0.15, -0.1) is 0 Å². The molecular weight excluding hydrogens is 304 g/mol. The molecule has 3 amide bonds. The maximum Gasteiger partial charge on any atom is 0.325 e. The molecule has 120 valence electrons. The number of para-hydroxylation sites is 2. The van der Waals surface area contributed by atoms with E-state index in [-0.39, 0.29) is 18.5 Å². The SMILES string of the molecule is N#Cc1ccccc1NC(=O)CN1CCN(c2ccccc2)C1=O. The summed E-state index contributed by atoms with van der Waals surface area (Å²) >= 11 is 0. The van der Waals surface area contributed by atoms with E-state index >= 15 is 0 Å². The highest BCUT2D eigenvalue weighted by atomic mass is 16.2. The zero-order valence-corrected chi connectivity index (χ0v) is 13.0. The first-order valence-electron chi connectivity index (χ1n) is 7.59. The number of hydrogen-bond acceptors (Lipinski definition) is 3. The third-order valence-electron chi connectivity index (χ3n) is 3.82. The van der Waals surface area contributed by atoms with E-state index in [1.165, 1.54) is 4.90 Å². The normalized spacial score (nSPS) is 13.7. The van der Waals surface area contributed by atoms with Crippen LogP contribution in [0.25, 0.3) is 0 Å². The van der Waals surface area contributed by atoms with Gasteiger partial charge in [-0.25, -0.2) is 4.79 Å². The van der Waals surface area contributed by atoms with Crippen molar-refractivity contribution in [1.82, 2.24) is 4.90 Å². The average molecular weight is 320 g/mol. The molecule has 0 spiro atoms. The Morgan fingerprint density at radius 3 is 2.54 bits per heavy atom. The fourth-order valence-corrected chi connectivity index (χ4v) is 2.63. The standard InChI is InChI=1S/C18H16N4O2/c19-12-14-6-4-5-9-16(14)20-17(23)13-21-10-11-22(18(21)24)15-7-2-1-3-8-15/h1-9H,10-11,13H2,(H,20,23). The lowest BCUT2D eigenvalue weighted by Crippen LogP contribution is -2.37. The molecule has 1 saturated heterocycles. The van der Waals surface area contributed by atoms with E-state index in [9.17, 15) is 9.59 Å². The first-order chi connectivity index (χ1) is 11.7. The van der Waals surface area contributed by atoms with E-state index in [2.05, 4.69) is 5.32 Å². The van der Waals surface area contributed by atoms with Crippen LogP contribution in [-0.2, 0) is 4.79 Å². The van der Waals surface area contributed by atoms with Crippen molar-refractivity contribution in [1.29, 1.82) is 5.26 Å². The van der Waals surface area contributed by atoms with Gasteiger partial charge >= 0.3 is 6.03 Å². The lowest BCUT2D eigenvalue weighted by atomic mass is 10.2. The van der Waals surface area contributed by atoms with Gasteiger partial charge in [-0.3, -0.25) is 9.69 Å². The van der Waals surface area contributed by atoms with Crippen molar-refractivity contribution in [3.63, 3.8) is 0 Å². The third kappa shape index (κ3) is 3.20. The number of rotatable bonds is 4. The van der Waals surface area contributed by atoms with Gasteiger partial charge in [0.15, 0.2) is 0 Å². The fraction of sp³-hybridized carbons (Fsp3) is 0.167. The van der Waals surface area contributed by atoms with Gasteiger partial charge in [-0.1, -0.05) is 30.3 Å². The largest absolute Gasteiger partial charge is 0.325 e. The number of benzene rings is 2. The summed E-state index contributed by atoms with van der Waals surface area (Å²) in [6, 6.07) is 18.0. The van der Waals surface area contributed by atoms with Crippen molar-refractivity contribution in [2.75, 3.05) is 29.9 Å². The summed E-state index contributed by atoms with van der Waals surface area (Å²) in [7, 11) is 0. The Kier molecular flexibility index (Phi) is 4.43. The molecule has 0 radical (unpaired) electrons. The van der Waals surface area contributed by atoms with Crippen LogP contribution in [-0.4, -0.2) is 36.5 Å². The van der Waals surface area contributed by atoms with E-state index < -0.39 is 0 Å². The van der Waals surface area contributed by atoms with Gasteiger partial charge in [0.05, 0.1) is 11.3 Å². The van der Waals surface area contributed by atoms with Crippen LogP contribution >= 0.6 is 0 Å². The van der Waals surface area contributed by atoms with Crippen LogP contribution in [0.1, 0.15) is 5.56 Å². The molecule has 1 fully saturated rings. The molecule has 1 heterocycles. The van der Waals surface area contributed by atoms with Crippen LogP contribution in [0, 0.1) is 11.3 Å². The number of carbonyl (C=O) groups is 2. The zero-order valence-electron chi connectivity index (χ0n) is 13.0. The molecule has 0 aromatic heterocycles. The van der Waals surface area contributed by atoms with Crippen molar-refractivity contribution in [3.8, 4) is 6.07 Å². The second-order valence-electron chi connectivity index (χ2n) is 5.40. The Labute approximate surface area is 139 Å². The van der Waals surface area contributed by atoms with E-state index in [1.54, 1.807) is 29.2 Å². The van der Waals surface area contributed by atoms with Gasteiger partial charge in [-0.05, 0) is 24.3 Å². The van der Waals surface area contributed by atoms with Crippen molar-refractivity contribution in [2.45, 2.75) is 0 Å². The third-order valence-corrected chi connectivity index (χ3v) is 3.82. The molecule has 6 nitrogen and oxygen atoms in total. The van der Waals surface area contributed by atoms with E-state index in [4.69, 9.17) is 5.26 Å². The number of nitriles is 1. The number of nitrogens with zero attached hydrogens (tertiary/aromatic N) is 3. The van der Waals surface area contributed by atoms with Gasteiger partial charge in [0.2, 0.25) is 5.91 Å². The predicted molar refractivity (Wildman–Crippen MR) is 90.5 cm³/mol. The molecule has 0 atom stereocenters. The monoisotopic (exact) mass is 320 g/mol. The van der Waals surface area contributed by atoms with Crippen LogP contribution in [0.4, 0.5) is 16.2 Å². The minimum atomic E-state index is -0.319. The highest BCUT2D eigenvalue weighted by molar-refractivity contribution is 5.99. The van der Waals surface area contributed by atoms with E-state index in [1.807, 2.05) is 36.4 Å². The van der Waals surface area contributed by atoms with Crippen LogP contribution in [0.3, 0.4) is 0 Å². The Hall–Kier alpha value is -3.33. The first kappa shape index (κ1) is 15.6. The lowest BCUT2D eigenvalue weighted by molar-refractivity contribution is -0.116. The number of amides is 3. The highest BCUT2D eigenvalue weighted by Crippen LogP contribution is 2.20. The van der Waals surface area contributed by atoms with Gasteiger partial charge < -0.3 is 10.2 Å². The van der Waals surface area contributed by atoms with Crippen LogP contribution in [0.15, 0.2) is 54.6 Å². The summed E-state index contributed by atoms with van der Waals surface area (Å²) in [5.74, 6) is -0.319. The van der Waals surface area contributed by atoms with Crippen LogP contribution in [0.5, 0.6) is 0 Å². The summed E-state index contributed by atoms with van der Waals surface area (Å²) < 4.78 is 0. The number of nitrogens with one attached hydrogen (secondary N) is 1. The molecule has 0 bridgehead atoms. The number of hydrogen-bond donors (Lipinski definition) is 1. The first-order valence-corrected chi connectivity index (χ1v) is 7.59. The minimum absolute atomic E-state index is 0.0398. The molecule has 0 aliphatic carbocycles. The quantitative estimate of drug-likeness (QED) is 0.940. The summed E-state index contributed by atoms with van der Waals surface area (Å²) in [5, 5.41) is 11.7. The predicted octanol–water partition coefficient (Wildman–Crippen LogP) is 2.44. The van der Waals surface area contributed by atoms with Crippen molar-refractivity contribution in [2.24, 2.45) is 0 Å². The molecular formula is C18H16N4O2. The van der Waals surface area contributed by atoms with Crippen molar-refractivity contribution < 1.29 is 9.59 Å². The molecule has 2 aromatic carbocycles. The van der Waals surface area contributed by atoms with Crippen molar-refractivity contribution >= 4 is 23.3 Å². The van der Waals surface area contributed by atoms with Gasteiger partial charge in [0.25, 0.3) is 0 Å². The molecule has 2 aromatic rings. The topological polar surface area (TPSA) is 76.4 Å². The second kappa shape index (κ2) is 6.84. The fourth-order valence-electron chi connectivity index (χ4n) is 2.63. The molecule has 0 saturated carbocycles. The molecule has 6 heteroatoms. The smallest absolute Gasteiger partial charge is 0.323 e. The summed E-state index contributed by atoms with van der Waals surface area (Å²) in [4.78, 5) is 27.8. The second-order valence-corrected chi connectivity index (χ2v) is 5.40.